The summed E-state index contributed by atoms with van der Waals surface area (Å²) in [6.07, 6.45) is -2.01. The molecule has 0 radical (unpaired) electrons. The van der Waals surface area contributed by atoms with E-state index in [9.17, 15) is 22.8 Å². The molecule has 0 aliphatic carbocycles. The van der Waals surface area contributed by atoms with E-state index in [1.54, 1.807) is 4.90 Å². The second-order valence-corrected chi connectivity index (χ2v) is 8.23. The van der Waals surface area contributed by atoms with Gasteiger partial charge in [0.15, 0.2) is 5.78 Å². The Kier molecular flexibility index (Phi) is 6.14. The average molecular weight is 430 g/mol. The van der Waals surface area contributed by atoms with Crippen molar-refractivity contribution in [1.82, 2.24) is 9.80 Å². The fourth-order valence-corrected chi connectivity index (χ4v) is 4.56. The molecule has 0 N–H and O–H groups in total. The van der Waals surface area contributed by atoms with Crippen molar-refractivity contribution in [2.24, 2.45) is 0 Å². The van der Waals surface area contributed by atoms with Crippen LogP contribution in [-0.4, -0.2) is 47.7 Å². The molecule has 2 atom stereocenters. The fraction of sp³-hybridized carbons (Fsp3) is 0.417. The van der Waals surface area contributed by atoms with E-state index in [-0.39, 0.29) is 24.2 Å². The van der Waals surface area contributed by atoms with Gasteiger partial charge in [-0.15, -0.1) is 0 Å². The molecular weight excluding hydrogens is 405 g/mol. The van der Waals surface area contributed by atoms with Gasteiger partial charge in [-0.1, -0.05) is 42.5 Å². The first-order valence-electron chi connectivity index (χ1n) is 10.6. The Bertz CT molecular complexity index is 922. The quantitative estimate of drug-likeness (QED) is 0.659. The van der Waals surface area contributed by atoms with E-state index < -0.39 is 17.7 Å². The van der Waals surface area contributed by atoms with Gasteiger partial charge in [0, 0.05) is 19.5 Å². The maximum atomic E-state index is 13.5. The molecule has 0 saturated carbocycles. The molecule has 164 valence electrons. The van der Waals surface area contributed by atoms with Crippen molar-refractivity contribution >= 4 is 11.7 Å². The van der Waals surface area contributed by atoms with Gasteiger partial charge in [0.1, 0.15) is 5.92 Å². The molecule has 7 heteroatoms. The molecule has 2 aromatic carbocycles. The van der Waals surface area contributed by atoms with Gasteiger partial charge < -0.3 is 9.80 Å². The molecule has 0 spiro atoms. The summed E-state index contributed by atoms with van der Waals surface area (Å²) in [6, 6.07) is 13.9. The van der Waals surface area contributed by atoms with Crippen LogP contribution in [0.1, 0.15) is 47.9 Å². The minimum absolute atomic E-state index is 0.195. The van der Waals surface area contributed by atoms with Gasteiger partial charge in [0.05, 0.1) is 11.6 Å². The number of halogens is 3. The molecule has 0 bridgehead atoms. The van der Waals surface area contributed by atoms with Gasteiger partial charge in [-0.3, -0.25) is 9.59 Å². The number of rotatable bonds is 5. The lowest BCUT2D eigenvalue weighted by atomic mass is 9.86. The normalized spacial score (nSPS) is 21.5. The molecule has 1 unspecified atom stereocenters. The number of amides is 1. The molecule has 2 aliphatic heterocycles. The molecule has 2 aromatic rings. The van der Waals surface area contributed by atoms with Gasteiger partial charge in [0.2, 0.25) is 5.91 Å². The molecular formula is C24H25F3N2O2. The average Bonchev–Trinajstić information content (AvgIpc) is 3.26. The van der Waals surface area contributed by atoms with Crippen LogP contribution in [0.4, 0.5) is 13.2 Å². The maximum Gasteiger partial charge on any atom is 0.416 e. The first-order valence-corrected chi connectivity index (χ1v) is 10.6. The second kappa shape index (κ2) is 8.83. The van der Waals surface area contributed by atoms with Crippen LogP contribution in [0.3, 0.4) is 0 Å². The van der Waals surface area contributed by atoms with E-state index in [0.717, 1.165) is 43.6 Å². The monoisotopic (exact) mass is 430 g/mol. The number of Topliss-reactive ketones (excluding diaryl/α,β-unsaturated/α-hetero) is 1. The fourth-order valence-electron chi connectivity index (χ4n) is 4.56. The Labute approximate surface area is 179 Å². The van der Waals surface area contributed by atoms with Crippen molar-refractivity contribution in [3.05, 3.63) is 71.3 Å². The van der Waals surface area contributed by atoms with Crippen LogP contribution in [0.2, 0.25) is 0 Å². The van der Waals surface area contributed by atoms with E-state index in [1.807, 2.05) is 30.3 Å². The number of likely N-dealkylation sites (tertiary alicyclic amines) is 2. The summed E-state index contributed by atoms with van der Waals surface area (Å²) >= 11 is 0. The van der Waals surface area contributed by atoms with Crippen molar-refractivity contribution in [3.63, 3.8) is 0 Å². The largest absolute Gasteiger partial charge is 0.416 e. The minimum Gasteiger partial charge on any atom is -0.333 e. The van der Waals surface area contributed by atoms with E-state index in [4.69, 9.17) is 0 Å². The number of nitrogens with zero attached hydrogens (tertiary/aromatic N) is 2. The smallest absolute Gasteiger partial charge is 0.333 e. The van der Waals surface area contributed by atoms with E-state index in [2.05, 4.69) is 4.90 Å². The molecule has 4 nitrogen and oxygen atoms in total. The lowest BCUT2D eigenvalue weighted by Gasteiger charge is -2.39. The maximum absolute atomic E-state index is 13.5. The van der Waals surface area contributed by atoms with Crippen molar-refractivity contribution in [3.8, 4) is 0 Å². The summed E-state index contributed by atoms with van der Waals surface area (Å²) in [5, 5.41) is 0. The van der Waals surface area contributed by atoms with Gasteiger partial charge in [-0.25, -0.2) is 0 Å². The first-order chi connectivity index (χ1) is 14.8. The molecule has 2 heterocycles. The van der Waals surface area contributed by atoms with Crippen molar-refractivity contribution < 1.29 is 22.8 Å². The third kappa shape index (κ3) is 4.66. The highest BCUT2D eigenvalue weighted by Gasteiger charge is 2.40. The van der Waals surface area contributed by atoms with Crippen molar-refractivity contribution in [2.75, 3.05) is 26.2 Å². The van der Waals surface area contributed by atoms with Gasteiger partial charge in [-0.2, -0.15) is 13.2 Å². The first kappa shape index (κ1) is 21.6. The van der Waals surface area contributed by atoms with Crippen molar-refractivity contribution in [2.45, 2.75) is 37.4 Å². The Hall–Kier alpha value is -2.67. The second-order valence-electron chi connectivity index (χ2n) is 8.23. The van der Waals surface area contributed by atoms with Crippen molar-refractivity contribution in [1.29, 1.82) is 0 Å². The number of piperidine rings is 1. The van der Waals surface area contributed by atoms with Crippen LogP contribution < -0.4 is 0 Å². The predicted octanol–water partition coefficient (Wildman–Crippen LogP) is 4.43. The Morgan fingerprint density at radius 1 is 0.903 bits per heavy atom. The number of hydrogen-bond acceptors (Lipinski definition) is 3. The summed E-state index contributed by atoms with van der Waals surface area (Å²) in [4.78, 5) is 30.2. The highest BCUT2D eigenvalue weighted by atomic mass is 19.4. The van der Waals surface area contributed by atoms with E-state index in [1.165, 1.54) is 12.1 Å². The number of hydrogen-bond donors (Lipinski definition) is 0. The minimum atomic E-state index is -4.46. The topological polar surface area (TPSA) is 40.6 Å². The van der Waals surface area contributed by atoms with E-state index in [0.29, 0.717) is 18.7 Å². The molecule has 2 fully saturated rings. The third-order valence-electron chi connectivity index (χ3n) is 6.21. The van der Waals surface area contributed by atoms with E-state index >= 15 is 0 Å². The highest BCUT2D eigenvalue weighted by molar-refractivity contribution is 6.08. The predicted molar refractivity (Wildman–Crippen MR) is 110 cm³/mol. The molecule has 2 saturated heterocycles. The number of carbonyl (C=O) groups is 2. The molecule has 0 aromatic heterocycles. The molecule has 1 amide bonds. The third-order valence-corrected chi connectivity index (χ3v) is 6.21. The van der Waals surface area contributed by atoms with Gasteiger partial charge in [-0.05, 0) is 49.2 Å². The molecule has 4 rings (SSSR count). The summed E-state index contributed by atoms with van der Waals surface area (Å²) in [7, 11) is 0. The summed E-state index contributed by atoms with van der Waals surface area (Å²) < 4.78 is 38.8. The van der Waals surface area contributed by atoms with Crippen LogP contribution in [0.25, 0.3) is 0 Å². The SMILES string of the molecule is O=C1CCN([C@H](CN2CCCC2)c2ccccc2)C(=O)C1c1ccc(C(F)(F)F)cc1. The summed E-state index contributed by atoms with van der Waals surface area (Å²) in [6.45, 7) is 2.96. The zero-order chi connectivity index (χ0) is 22.0. The lowest BCUT2D eigenvalue weighted by Crippen LogP contribution is -2.49. The van der Waals surface area contributed by atoms with Crippen LogP contribution in [0.15, 0.2) is 54.6 Å². The zero-order valence-corrected chi connectivity index (χ0v) is 17.1. The summed E-state index contributed by atoms with van der Waals surface area (Å²) in [5.74, 6) is -1.63. The zero-order valence-electron chi connectivity index (χ0n) is 17.1. The van der Waals surface area contributed by atoms with Gasteiger partial charge >= 0.3 is 6.18 Å². The molecule has 31 heavy (non-hydrogen) atoms. The van der Waals surface area contributed by atoms with Gasteiger partial charge in [0.25, 0.3) is 0 Å². The Morgan fingerprint density at radius 2 is 1.55 bits per heavy atom. The van der Waals surface area contributed by atoms with Crippen LogP contribution in [-0.2, 0) is 15.8 Å². The number of ketones is 1. The number of carbonyl (C=O) groups excluding carboxylic acids is 2. The lowest BCUT2D eigenvalue weighted by molar-refractivity contribution is -0.144. The molecule has 2 aliphatic rings. The number of alkyl halides is 3. The standard InChI is InChI=1S/C24H25F3N2O2/c25-24(26,27)19-10-8-18(9-11-19)22-21(30)12-15-29(23(22)31)20(16-28-13-4-5-14-28)17-6-2-1-3-7-17/h1-3,6-11,20,22H,4-5,12-16H2/t20-,22?/m1/s1. The number of benzene rings is 2. The van der Waals surface area contributed by atoms with Crippen LogP contribution >= 0.6 is 0 Å². The van der Waals surface area contributed by atoms with Crippen LogP contribution in [0, 0.1) is 0 Å². The summed E-state index contributed by atoms with van der Waals surface area (Å²) in [5.41, 5.74) is 0.531. The van der Waals surface area contributed by atoms with Crippen LogP contribution in [0.5, 0.6) is 0 Å². The highest BCUT2D eigenvalue weighted by Crippen LogP contribution is 2.35. The Morgan fingerprint density at radius 3 is 2.16 bits per heavy atom. The Balaban J connectivity index is 1.62.